The summed E-state index contributed by atoms with van der Waals surface area (Å²) >= 11 is 0. The number of hydrogen-bond donors (Lipinski definition) is 1. The van der Waals surface area contributed by atoms with E-state index in [0.717, 1.165) is 17.1 Å². The van der Waals surface area contributed by atoms with E-state index in [0.29, 0.717) is 31.9 Å². The van der Waals surface area contributed by atoms with Gasteiger partial charge < -0.3 is 14.4 Å². The average molecular weight is 314 g/mol. The van der Waals surface area contributed by atoms with Crippen LogP contribution in [0.4, 0.5) is 0 Å². The van der Waals surface area contributed by atoms with Gasteiger partial charge in [-0.2, -0.15) is 5.10 Å². The van der Waals surface area contributed by atoms with Crippen LogP contribution < -0.4 is 4.74 Å². The topological polar surface area (TPSA) is 80.3 Å². The van der Waals surface area contributed by atoms with Crippen molar-refractivity contribution in [3.8, 4) is 5.75 Å². The van der Waals surface area contributed by atoms with Crippen LogP contribution in [-0.4, -0.2) is 51.8 Å². The fourth-order valence-corrected chi connectivity index (χ4v) is 3.03. The van der Waals surface area contributed by atoms with Crippen molar-refractivity contribution < 1.29 is 14.3 Å². The molecule has 120 valence electrons. The molecule has 2 aliphatic heterocycles. The summed E-state index contributed by atoms with van der Waals surface area (Å²) < 4.78 is 11.5. The average Bonchev–Trinajstić information content (AvgIpc) is 3.20. The first kappa shape index (κ1) is 14.2. The highest BCUT2D eigenvalue weighted by Crippen LogP contribution is 2.30. The van der Waals surface area contributed by atoms with Gasteiger partial charge in [-0.25, -0.2) is 4.98 Å². The first-order chi connectivity index (χ1) is 11.2. The van der Waals surface area contributed by atoms with E-state index in [-0.39, 0.29) is 12.0 Å². The molecule has 7 nitrogen and oxygen atoms in total. The second kappa shape index (κ2) is 5.66. The fourth-order valence-electron chi connectivity index (χ4n) is 3.03. The first-order valence-corrected chi connectivity index (χ1v) is 7.74. The van der Waals surface area contributed by atoms with Gasteiger partial charge in [-0.1, -0.05) is 18.2 Å². The summed E-state index contributed by atoms with van der Waals surface area (Å²) in [7, 11) is 0. The third-order valence-electron chi connectivity index (χ3n) is 4.20. The van der Waals surface area contributed by atoms with Crippen molar-refractivity contribution >= 4 is 5.91 Å². The molecule has 1 aromatic heterocycles. The molecule has 1 N–H and O–H groups in total. The van der Waals surface area contributed by atoms with Crippen molar-refractivity contribution in [2.24, 2.45) is 0 Å². The van der Waals surface area contributed by atoms with Gasteiger partial charge in [-0.05, 0) is 18.6 Å². The molecular weight excluding hydrogens is 296 g/mol. The van der Waals surface area contributed by atoms with Gasteiger partial charge in [0.15, 0.2) is 11.9 Å². The largest absolute Gasteiger partial charge is 0.480 e. The maximum atomic E-state index is 12.7. The first-order valence-electron chi connectivity index (χ1n) is 7.74. The van der Waals surface area contributed by atoms with E-state index < -0.39 is 6.10 Å². The summed E-state index contributed by atoms with van der Waals surface area (Å²) in [5.74, 6) is 2.14. The van der Waals surface area contributed by atoms with E-state index in [2.05, 4.69) is 15.2 Å². The second-order valence-electron chi connectivity index (χ2n) is 5.84. The zero-order valence-corrected chi connectivity index (χ0v) is 12.9. The molecule has 23 heavy (non-hydrogen) atoms. The molecule has 1 saturated heterocycles. The van der Waals surface area contributed by atoms with Gasteiger partial charge in [0.2, 0.25) is 0 Å². The third-order valence-corrected chi connectivity index (χ3v) is 4.20. The minimum absolute atomic E-state index is 0.00163. The van der Waals surface area contributed by atoms with Crippen LogP contribution in [0.1, 0.15) is 23.3 Å². The number of hydrogen-bond acceptors (Lipinski definition) is 5. The number of H-pyrrole nitrogens is 1. The molecule has 2 aliphatic rings. The van der Waals surface area contributed by atoms with Crippen LogP contribution in [-0.2, 0) is 16.0 Å². The Morgan fingerprint density at radius 3 is 3.04 bits per heavy atom. The lowest BCUT2D eigenvalue weighted by Gasteiger charge is -2.32. The van der Waals surface area contributed by atoms with Crippen LogP contribution in [0.5, 0.6) is 5.75 Å². The Morgan fingerprint density at radius 2 is 2.26 bits per heavy atom. The Labute approximate surface area is 133 Å². The number of carbonyl (C=O) groups is 1. The second-order valence-corrected chi connectivity index (χ2v) is 5.84. The van der Waals surface area contributed by atoms with Crippen LogP contribution in [0, 0.1) is 6.92 Å². The predicted octanol–water partition coefficient (Wildman–Crippen LogP) is 1.02. The molecule has 1 amide bonds. The Hall–Kier alpha value is -2.41. The van der Waals surface area contributed by atoms with Crippen molar-refractivity contribution in [3.63, 3.8) is 0 Å². The highest BCUT2D eigenvalue weighted by molar-refractivity contribution is 5.82. The van der Waals surface area contributed by atoms with E-state index in [4.69, 9.17) is 9.47 Å². The van der Waals surface area contributed by atoms with Crippen molar-refractivity contribution in [2.75, 3.05) is 19.7 Å². The van der Waals surface area contributed by atoms with Crippen LogP contribution in [0.25, 0.3) is 0 Å². The maximum Gasteiger partial charge on any atom is 0.264 e. The van der Waals surface area contributed by atoms with Gasteiger partial charge in [-0.15, -0.1) is 0 Å². The fraction of sp³-hybridized carbons (Fsp3) is 0.438. The molecule has 2 atom stereocenters. The Kier molecular flexibility index (Phi) is 3.49. The molecule has 1 fully saturated rings. The van der Waals surface area contributed by atoms with Crippen molar-refractivity contribution in [2.45, 2.75) is 25.6 Å². The Balaban J connectivity index is 1.45. The van der Waals surface area contributed by atoms with Gasteiger partial charge in [0.25, 0.3) is 5.91 Å². The number of aromatic amines is 1. The van der Waals surface area contributed by atoms with Crippen LogP contribution in [0.15, 0.2) is 24.3 Å². The van der Waals surface area contributed by atoms with E-state index in [9.17, 15) is 4.79 Å². The lowest BCUT2D eigenvalue weighted by Crippen LogP contribution is -2.48. The van der Waals surface area contributed by atoms with Gasteiger partial charge in [0.05, 0.1) is 13.2 Å². The predicted molar refractivity (Wildman–Crippen MR) is 81.0 cm³/mol. The van der Waals surface area contributed by atoms with Crippen LogP contribution >= 0.6 is 0 Å². The molecule has 0 bridgehead atoms. The number of fused-ring (bicyclic) bond motifs is 1. The number of morpholine rings is 1. The normalized spacial score (nSPS) is 23.4. The SMILES string of the molecule is Cc1nc([C@@H]2CN(C(=O)[C@H]3Cc4ccccc4O3)CCO2)n[nH]1. The summed E-state index contributed by atoms with van der Waals surface area (Å²) in [6, 6.07) is 7.79. The number of nitrogens with zero attached hydrogens (tertiary/aromatic N) is 3. The smallest absolute Gasteiger partial charge is 0.264 e. The molecule has 2 aromatic rings. The molecule has 3 heterocycles. The summed E-state index contributed by atoms with van der Waals surface area (Å²) in [5, 5.41) is 6.94. The number of aromatic nitrogens is 3. The number of benzene rings is 1. The number of carbonyl (C=O) groups excluding carboxylic acids is 1. The van der Waals surface area contributed by atoms with Crippen LogP contribution in [0.3, 0.4) is 0 Å². The Bertz CT molecular complexity index is 705. The zero-order chi connectivity index (χ0) is 15.8. The summed E-state index contributed by atoms with van der Waals surface area (Å²) in [6.45, 7) is 3.33. The van der Waals surface area contributed by atoms with E-state index >= 15 is 0 Å². The highest BCUT2D eigenvalue weighted by atomic mass is 16.5. The zero-order valence-electron chi connectivity index (χ0n) is 12.9. The van der Waals surface area contributed by atoms with Gasteiger partial charge in [0, 0.05) is 13.0 Å². The number of amides is 1. The summed E-state index contributed by atoms with van der Waals surface area (Å²) in [5.41, 5.74) is 1.08. The van der Waals surface area contributed by atoms with Gasteiger partial charge >= 0.3 is 0 Å². The molecule has 4 rings (SSSR count). The minimum atomic E-state index is -0.444. The number of ether oxygens (including phenoxy) is 2. The van der Waals surface area contributed by atoms with E-state index in [1.54, 1.807) is 4.90 Å². The maximum absolute atomic E-state index is 12.7. The molecule has 1 aromatic carbocycles. The van der Waals surface area contributed by atoms with Gasteiger partial charge in [0.1, 0.15) is 17.7 Å². The quantitative estimate of drug-likeness (QED) is 0.895. The lowest BCUT2D eigenvalue weighted by molar-refractivity contribution is -0.146. The molecular formula is C16H18N4O3. The summed E-state index contributed by atoms with van der Waals surface area (Å²) in [4.78, 5) is 18.8. The molecule has 0 aliphatic carbocycles. The number of aryl methyl sites for hydroxylation is 1. The molecule has 0 radical (unpaired) electrons. The molecule has 7 heteroatoms. The summed E-state index contributed by atoms with van der Waals surface area (Å²) in [6.07, 6.45) is -0.113. The number of rotatable bonds is 2. The Morgan fingerprint density at radius 1 is 1.39 bits per heavy atom. The monoisotopic (exact) mass is 314 g/mol. The molecule has 0 saturated carbocycles. The van der Waals surface area contributed by atoms with Gasteiger partial charge in [-0.3, -0.25) is 9.89 Å². The van der Waals surface area contributed by atoms with Crippen LogP contribution in [0.2, 0.25) is 0 Å². The number of nitrogens with one attached hydrogen (secondary N) is 1. The lowest BCUT2D eigenvalue weighted by atomic mass is 10.1. The standard InChI is InChI=1S/C16H18N4O3/c1-10-17-15(19-18-10)14-9-20(6-7-22-14)16(21)13-8-11-4-2-3-5-12(11)23-13/h2-5,13-14H,6-9H2,1H3,(H,17,18,19)/t13-,14+/m1/s1. The number of para-hydroxylation sites is 1. The highest BCUT2D eigenvalue weighted by Gasteiger charge is 2.35. The third kappa shape index (κ3) is 2.68. The van der Waals surface area contributed by atoms with Crippen molar-refractivity contribution in [3.05, 3.63) is 41.5 Å². The van der Waals surface area contributed by atoms with Crippen molar-refractivity contribution in [1.29, 1.82) is 0 Å². The van der Waals surface area contributed by atoms with E-state index in [1.807, 2.05) is 31.2 Å². The molecule has 0 unspecified atom stereocenters. The molecule has 0 spiro atoms. The van der Waals surface area contributed by atoms with E-state index in [1.165, 1.54) is 0 Å². The minimum Gasteiger partial charge on any atom is -0.480 e. The van der Waals surface area contributed by atoms with Crippen molar-refractivity contribution in [1.82, 2.24) is 20.1 Å².